The highest BCUT2D eigenvalue weighted by Crippen LogP contribution is 2.33. The summed E-state index contributed by atoms with van der Waals surface area (Å²) in [6, 6.07) is 9.73. The highest BCUT2D eigenvalue weighted by molar-refractivity contribution is 6.04. The van der Waals surface area contributed by atoms with Gasteiger partial charge < -0.3 is 14.2 Å². The molecule has 0 saturated carbocycles. The second-order valence-corrected chi connectivity index (χ2v) is 6.67. The van der Waals surface area contributed by atoms with Gasteiger partial charge in [0.05, 0.1) is 20.8 Å². The Morgan fingerprint density at radius 1 is 1.10 bits per heavy atom. The van der Waals surface area contributed by atoms with E-state index in [1.165, 1.54) is 32.4 Å². The quantitative estimate of drug-likeness (QED) is 0.416. The van der Waals surface area contributed by atoms with E-state index in [-0.39, 0.29) is 23.7 Å². The molecule has 0 atom stereocenters. The van der Waals surface area contributed by atoms with Crippen molar-refractivity contribution in [3.05, 3.63) is 76.7 Å². The number of pyridine rings is 1. The van der Waals surface area contributed by atoms with Gasteiger partial charge in [0, 0.05) is 17.7 Å². The fraction of sp³-hybridized carbons (Fsp3) is 0.208. The third kappa shape index (κ3) is 5.06. The molecular weight excluding hydrogens is 401 g/mol. The maximum atomic E-state index is 13.2. The molecule has 1 aromatic heterocycles. The third-order valence-corrected chi connectivity index (χ3v) is 4.64. The third-order valence-electron chi connectivity index (χ3n) is 4.64. The van der Waals surface area contributed by atoms with E-state index in [2.05, 4.69) is 9.72 Å². The number of methoxy groups -OCH3 is 2. The van der Waals surface area contributed by atoms with Crippen LogP contribution in [0.2, 0.25) is 0 Å². The molecule has 160 valence electrons. The van der Waals surface area contributed by atoms with Crippen molar-refractivity contribution < 1.29 is 28.2 Å². The Morgan fingerprint density at radius 2 is 1.84 bits per heavy atom. The van der Waals surface area contributed by atoms with Crippen LogP contribution in [0.3, 0.4) is 0 Å². The van der Waals surface area contributed by atoms with E-state index >= 15 is 0 Å². The minimum atomic E-state index is -0.550. The lowest BCUT2D eigenvalue weighted by atomic mass is 9.99. The second kappa shape index (κ2) is 9.84. The lowest BCUT2D eigenvalue weighted by molar-refractivity contribution is -0.134. The Kier molecular flexibility index (Phi) is 6.97. The topological polar surface area (TPSA) is 74.7 Å². The summed E-state index contributed by atoms with van der Waals surface area (Å²) in [5.41, 5.74) is 3.04. The Labute approximate surface area is 179 Å². The fourth-order valence-electron chi connectivity index (χ4n) is 3.20. The largest absolute Gasteiger partial charge is 0.494 e. The molecule has 0 aliphatic rings. The molecule has 0 aliphatic carbocycles. The molecule has 0 fully saturated rings. The maximum Gasteiger partial charge on any atom is 0.342 e. The normalized spacial score (nSPS) is 11.0. The summed E-state index contributed by atoms with van der Waals surface area (Å²) in [4.78, 5) is 28.6. The second-order valence-electron chi connectivity index (χ2n) is 6.67. The average Bonchev–Trinajstić information content (AvgIpc) is 2.78. The predicted molar refractivity (Wildman–Crippen MR) is 115 cm³/mol. The van der Waals surface area contributed by atoms with E-state index in [1.54, 1.807) is 37.4 Å². The number of hydrogen-bond donors (Lipinski definition) is 0. The van der Waals surface area contributed by atoms with Crippen molar-refractivity contribution in [3.8, 4) is 5.75 Å². The van der Waals surface area contributed by atoms with Gasteiger partial charge in [0.2, 0.25) is 0 Å². The van der Waals surface area contributed by atoms with Crippen LogP contribution in [-0.4, -0.2) is 37.7 Å². The number of rotatable bonds is 7. The lowest BCUT2D eigenvalue weighted by Crippen LogP contribution is -2.08. The zero-order chi connectivity index (χ0) is 22.4. The molecule has 0 N–H and O–H groups in total. The molecule has 3 rings (SSSR count). The molecule has 0 bridgehead atoms. The summed E-state index contributed by atoms with van der Waals surface area (Å²) < 4.78 is 28.5. The minimum Gasteiger partial charge on any atom is -0.494 e. The number of carbonyl (C=O) groups is 2. The van der Waals surface area contributed by atoms with Crippen LogP contribution in [0, 0.1) is 5.82 Å². The zero-order valence-corrected chi connectivity index (χ0v) is 17.5. The van der Waals surface area contributed by atoms with Gasteiger partial charge in [-0.25, -0.2) is 14.0 Å². The molecule has 0 aliphatic heterocycles. The molecule has 1 heterocycles. The van der Waals surface area contributed by atoms with Crippen LogP contribution in [0.1, 0.15) is 34.0 Å². The summed E-state index contributed by atoms with van der Waals surface area (Å²) in [6.07, 6.45) is 5.03. The number of benzene rings is 2. The summed E-state index contributed by atoms with van der Waals surface area (Å²) in [6.45, 7) is 1.92. The first kappa shape index (κ1) is 22.0. The van der Waals surface area contributed by atoms with Crippen LogP contribution in [0.25, 0.3) is 17.0 Å². The molecule has 0 saturated heterocycles. The van der Waals surface area contributed by atoms with Crippen LogP contribution in [0.15, 0.2) is 48.7 Å². The molecule has 7 heteroatoms. The van der Waals surface area contributed by atoms with Gasteiger partial charge >= 0.3 is 11.9 Å². The molecule has 3 aromatic rings. The van der Waals surface area contributed by atoms with Crippen molar-refractivity contribution in [1.29, 1.82) is 0 Å². The summed E-state index contributed by atoms with van der Waals surface area (Å²) in [5.74, 6) is -1.09. The smallest absolute Gasteiger partial charge is 0.342 e. The van der Waals surface area contributed by atoms with E-state index in [0.29, 0.717) is 22.9 Å². The van der Waals surface area contributed by atoms with Crippen LogP contribution >= 0.6 is 0 Å². The van der Waals surface area contributed by atoms with E-state index in [9.17, 15) is 14.0 Å². The van der Waals surface area contributed by atoms with Gasteiger partial charge in [-0.3, -0.25) is 4.98 Å². The van der Waals surface area contributed by atoms with Gasteiger partial charge in [0.15, 0.2) is 5.75 Å². The van der Waals surface area contributed by atoms with Gasteiger partial charge in [-0.05, 0) is 60.4 Å². The zero-order valence-electron chi connectivity index (χ0n) is 17.5. The first-order valence-electron chi connectivity index (χ1n) is 9.64. The number of esters is 2. The number of halogens is 1. The van der Waals surface area contributed by atoms with E-state index < -0.39 is 11.9 Å². The average molecular weight is 423 g/mol. The van der Waals surface area contributed by atoms with Gasteiger partial charge in [0.25, 0.3) is 0 Å². The van der Waals surface area contributed by atoms with Crippen LogP contribution in [0.5, 0.6) is 5.75 Å². The number of nitrogens with zero attached hydrogens (tertiary/aromatic N) is 1. The molecule has 6 nitrogen and oxygen atoms in total. The van der Waals surface area contributed by atoms with Gasteiger partial charge in [-0.1, -0.05) is 12.1 Å². The van der Waals surface area contributed by atoms with Gasteiger partial charge in [-0.15, -0.1) is 0 Å². The first-order valence-corrected chi connectivity index (χ1v) is 9.64. The Balaban J connectivity index is 2.16. The van der Waals surface area contributed by atoms with Crippen molar-refractivity contribution in [3.63, 3.8) is 0 Å². The molecule has 0 radical (unpaired) electrons. The Hall–Kier alpha value is -3.74. The van der Waals surface area contributed by atoms with Gasteiger partial charge in [-0.2, -0.15) is 0 Å². The minimum absolute atomic E-state index is 0.206. The molecule has 0 amide bonds. The van der Waals surface area contributed by atoms with Gasteiger partial charge in [0.1, 0.15) is 16.9 Å². The molecule has 2 aromatic carbocycles. The van der Waals surface area contributed by atoms with Crippen molar-refractivity contribution in [1.82, 2.24) is 4.98 Å². The van der Waals surface area contributed by atoms with E-state index in [1.807, 2.05) is 6.07 Å². The fourth-order valence-corrected chi connectivity index (χ4v) is 3.20. The number of carbonyl (C=O) groups excluding carboxylic acids is 2. The van der Waals surface area contributed by atoms with Crippen LogP contribution in [-0.2, 0) is 20.7 Å². The monoisotopic (exact) mass is 423 g/mol. The Morgan fingerprint density at radius 3 is 2.48 bits per heavy atom. The molecule has 0 unspecified atom stereocenters. The summed E-state index contributed by atoms with van der Waals surface area (Å²) >= 11 is 0. The van der Waals surface area contributed by atoms with Crippen molar-refractivity contribution >= 4 is 28.9 Å². The van der Waals surface area contributed by atoms with E-state index in [0.717, 1.165) is 11.1 Å². The summed E-state index contributed by atoms with van der Waals surface area (Å²) in [5, 5.41) is 0.685. The SMILES string of the molecule is CCOC(=O)c1cc(/C=C/C(=O)OC)c2cc(Cc3ccc(F)cc3)cnc2c1OC. The maximum absolute atomic E-state index is 13.2. The van der Waals surface area contributed by atoms with Crippen molar-refractivity contribution in [2.24, 2.45) is 0 Å². The van der Waals surface area contributed by atoms with Crippen molar-refractivity contribution in [2.75, 3.05) is 20.8 Å². The number of aromatic nitrogens is 1. The lowest BCUT2D eigenvalue weighted by Gasteiger charge is -2.14. The molecular formula is C24H22FNO5. The highest BCUT2D eigenvalue weighted by Gasteiger charge is 2.20. The number of hydrogen-bond acceptors (Lipinski definition) is 6. The standard InChI is InChI=1S/C24H22FNO5/c1-4-31-24(28)20-13-17(7-10-21(27)29-2)19-12-16(14-26-22(19)23(20)30-3)11-15-5-8-18(25)9-6-15/h5-10,12-14H,4,11H2,1-3H3/b10-7+. The first-order chi connectivity index (χ1) is 15.0. The number of fused-ring (bicyclic) bond motifs is 1. The highest BCUT2D eigenvalue weighted by atomic mass is 19.1. The van der Waals surface area contributed by atoms with Crippen LogP contribution < -0.4 is 4.74 Å². The van der Waals surface area contributed by atoms with Crippen LogP contribution in [0.4, 0.5) is 4.39 Å². The predicted octanol–water partition coefficient (Wildman–Crippen LogP) is 4.34. The molecule has 0 spiro atoms. The van der Waals surface area contributed by atoms with E-state index in [4.69, 9.17) is 9.47 Å². The molecule has 31 heavy (non-hydrogen) atoms. The Bertz CT molecular complexity index is 1140. The summed E-state index contributed by atoms with van der Waals surface area (Å²) in [7, 11) is 2.74. The van der Waals surface area contributed by atoms with Crippen molar-refractivity contribution in [2.45, 2.75) is 13.3 Å². The number of ether oxygens (including phenoxy) is 3.